The number of aliphatic hydroxyl groups is 1. The fraction of sp³-hybridized carbons (Fsp3) is 0.400. The highest BCUT2D eigenvalue weighted by Gasteiger charge is 2.30. The van der Waals surface area contributed by atoms with Crippen LogP contribution >= 0.6 is 11.6 Å². The lowest BCUT2D eigenvalue weighted by atomic mass is 9.93. The molecule has 114 valence electrons. The lowest BCUT2D eigenvalue weighted by molar-refractivity contribution is 0.0461. The Kier molecular flexibility index (Phi) is 4.98. The van der Waals surface area contributed by atoms with Crippen molar-refractivity contribution in [3.8, 4) is 0 Å². The standard InChI is InChI=1S/C15H18ClFN2O2/c1-15(20,9-11-3-5-12(17)6-4-11)14-13(16)10-18-19(14)7-8-21-2/h3-6,10,20H,7-9H2,1-2H3. The molecule has 0 saturated carbocycles. The highest BCUT2D eigenvalue weighted by Crippen LogP contribution is 2.31. The number of aromatic nitrogens is 2. The summed E-state index contributed by atoms with van der Waals surface area (Å²) in [6.45, 7) is 2.64. The van der Waals surface area contributed by atoms with Gasteiger partial charge in [0.2, 0.25) is 0 Å². The van der Waals surface area contributed by atoms with Gasteiger partial charge in [0.15, 0.2) is 0 Å². The molecule has 1 unspecified atom stereocenters. The second-order valence-corrected chi connectivity index (χ2v) is 5.54. The van der Waals surface area contributed by atoms with Gasteiger partial charge in [0.1, 0.15) is 11.4 Å². The minimum absolute atomic E-state index is 0.304. The summed E-state index contributed by atoms with van der Waals surface area (Å²) in [7, 11) is 1.60. The molecule has 1 atom stereocenters. The van der Waals surface area contributed by atoms with Gasteiger partial charge in [-0.2, -0.15) is 5.10 Å². The number of halogens is 2. The Morgan fingerprint density at radius 2 is 2.05 bits per heavy atom. The molecular weight excluding hydrogens is 295 g/mol. The minimum Gasteiger partial charge on any atom is -0.383 e. The van der Waals surface area contributed by atoms with Crippen molar-refractivity contribution in [2.45, 2.75) is 25.5 Å². The van der Waals surface area contributed by atoms with Gasteiger partial charge in [0.25, 0.3) is 0 Å². The second-order valence-electron chi connectivity index (χ2n) is 5.13. The third-order valence-corrected chi connectivity index (χ3v) is 3.55. The van der Waals surface area contributed by atoms with Crippen LogP contribution in [0.5, 0.6) is 0 Å². The maximum atomic E-state index is 12.9. The van der Waals surface area contributed by atoms with E-state index in [0.717, 1.165) is 5.56 Å². The zero-order chi connectivity index (χ0) is 15.5. The summed E-state index contributed by atoms with van der Waals surface area (Å²) in [4.78, 5) is 0. The maximum Gasteiger partial charge on any atom is 0.123 e. The first-order valence-electron chi connectivity index (χ1n) is 6.61. The van der Waals surface area contributed by atoms with Crippen LogP contribution in [0.3, 0.4) is 0 Å². The first-order valence-corrected chi connectivity index (χ1v) is 6.99. The van der Waals surface area contributed by atoms with Gasteiger partial charge in [-0.05, 0) is 24.6 Å². The second kappa shape index (κ2) is 6.56. The van der Waals surface area contributed by atoms with E-state index in [1.54, 1.807) is 30.8 Å². The molecule has 21 heavy (non-hydrogen) atoms. The number of hydrogen-bond donors (Lipinski definition) is 1. The molecule has 2 aromatic rings. The maximum absolute atomic E-state index is 12.9. The molecule has 0 aliphatic heterocycles. The monoisotopic (exact) mass is 312 g/mol. The summed E-state index contributed by atoms with van der Waals surface area (Å²) in [5.74, 6) is -0.304. The van der Waals surface area contributed by atoms with Crippen LogP contribution in [0.1, 0.15) is 18.2 Å². The zero-order valence-electron chi connectivity index (χ0n) is 12.0. The van der Waals surface area contributed by atoms with Gasteiger partial charge in [-0.1, -0.05) is 23.7 Å². The number of hydrogen-bond acceptors (Lipinski definition) is 3. The molecule has 4 nitrogen and oxygen atoms in total. The van der Waals surface area contributed by atoms with Crippen molar-refractivity contribution in [3.63, 3.8) is 0 Å². The average molecular weight is 313 g/mol. The summed E-state index contributed by atoms with van der Waals surface area (Å²) < 4.78 is 19.6. The van der Waals surface area contributed by atoms with E-state index in [1.165, 1.54) is 18.3 Å². The SMILES string of the molecule is COCCn1ncc(Cl)c1C(C)(O)Cc1ccc(F)cc1. The van der Waals surface area contributed by atoms with Gasteiger partial charge in [-0.15, -0.1) is 0 Å². The first kappa shape index (κ1) is 15.9. The Morgan fingerprint density at radius 3 is 2.67 bits per heavy atom. The van der Waals surface area contributed by atoms with Crippen LogP contribution in [-0.2, 0) is 23.3 Å². The smallest absolute Gasteiger partial charge is 0.123 e. The predicted molar refractivity (Wildman–Crippen MR) is 78.8 cm³/mol. The summed E-state index contributed by atoms with van der Waals surface area (Å²) in [5, 5.41) is 15.3. The van der Waals surface area contributed by atoms with E-state index in [1.807, 2.05) is 0 Å². The molecule has 0 saturated heterocycles. The van der Waals surface area contributed by atoms with Crippen molar-refractivity contribution in [1.29, 1.82) is 0 Å². The number of benzene rings is 1. The zero-order valence-corrected chi connectivity index (χ0v) is 12.8. The van der Waals surface area contributed by atoms with E-state index in [0.29, 0.717) is 30.3 Å². The molecule has 1 heterocycles. The van der Waals surface area contributed by atoms with Gasteiger partial charge in [-0.25, -0.2) is 4.39 Å². The molecule has 2 rings (SSSR count). The van der Waals surface area contributed by atoms with Crippen LogP contribution in [0.4, 0.5) is 4.39 Å². The lowest BCUT2D eigenvalue weighted by Crippen LogP contribution is -2.29. The van der Waals surface area contributed by atoms with Crippen LogP contribution in [0.2, 0.25) is 5.02 Å². The van der Waals surface area contributed by atoms with E-state index in [4.69, 9.17) is 16.3 Å². The molecular formula is C15H18ClFN2O2. The molecule has 0 aliphatic rings. The Hall–Kier alpha value is -1.43. The highest BCUT2D eigenvalue weighted by atomic mass is 35.5. The third kappa shape index (κ3) is 3.81. The molecule has 1 N–H and O–H groups in total. The summed E-state index contributed by atoms with van der Waals surface area (Å²) in [6.07, 6.45) is 1.82. The van der Waals surface area contributed by atoms with Crippen molar-refractivity contribution < 1.29 is 14.2 Å². The molecule has 1 aromatic heterocycles. The third-order valence-electron chi connectivity index (χ3n) is 3.27. The quantitative estimate of drug-likeness (QED) is 0.892. The Bertz CT molecular complexity index is 596. The van der Waals surface area contributed by atoms with Crippen LogP contribution in [0.25, 0.3) is 0 Å². The number of methoxy groups -OCH3 is 1. The first-order chi connectivity index (χ1) is 9.94. The molecule has 0 aliphatic carbocycles. The van der Waals surface area contributed by atoms with Crippen molar-refractivity contribution in [1.82, 2.24) is 9.78 Å². The van der Waals surface area contributed by atoms with Crippen molar-refractivity contribution in [3.05, 3.63) is 52.6 Å². The van der Waals surface area contributed by atoms with Crippen LogP contribution in [0.15, 0.2) is 30.5 Å². The number of rotatable bonds is 6. The summed E-state index contributed by atoms with van der Waals surface area (Å²) in [6, 6.07) is 6.03. The van der Waals surface area contributed by atoms with Crippen LogP contribution in [-0.4, -0.2) is 28.6 Å². The van der Waals surface area contributed by atoms with Gasteiger partial charge in [0, 0.05) is 13.5 Å². The van der Waals surface area contributed by atoms with Gasteiger partial charge in [0.05, 0.1) is 30.1 Å². The molecule has 0 bridgehead atoms. The number of ether oxygens (including phenoxy) is 1. The molecule has 1 aromatic carbocycles. The average Bonchev–Trinajstić information content (AvgIpc) is 2.81. The fourth-order valence-corrected chi connectivity index (χ4v) is 2.67. The fourth-order valence-electron chi connectivity index (χ4n) is 2.33. The summed E-state index contributed by atoms with van der Waals surface area (Å²) >= 11 is 6.16. The molecule has 0 fully saturated rings. The largest absolute Gasteiger partial charge is 0.383 e. The Morgan fingerprint density at radius 1 is 1.38 bits per heavy atom. The van der Waals surface area contributed by atoms with Crippen molar-refractivity contribution in [2.24, 2.45) is 0 Å². The Balaban J connectivity index is 2.25. The highest BCUT2D eigenvalue weighted by molar-refractivity contribution is 6.31. The number of nitrogens with zero attached hydrogens (tertiary/aromatic N) is 2. The van der Waals surface area contributed by atoms with Crippen LogP contribution < -0.4 is 0 Å². The van der Waals surface area contributed by atoms with E-state index < -0.39 is 5.60 Å². The van der Waals surface area contributed by atoms with E-state index in [9.17, 15) is 9.50 Å². The van der Waals surface area contributed by atoms with E-state index in [-0.39, 0.29) is 5.82 Å². The van der Waals surface area contributed by atoms with Gasteiger partial charge < -0.3 is 9.84 Å². The topological polar surface area (TPSA) is 47.3 Å². The van der Waals surface area contributed by atoms with Crippen molar-refractivity contribution >= 4 is 11.6 Å². The molecule has 0 radical (unpaired) electrons. The van der Waals surface area contributed by atoms with Gasteiger partial charge >= 0.3 is 0 Å². The minimum atomic E-state index is -1.21. The van der Waals surface area contributed by atoms with Gasteiger partial charge in [-0.3, -0.25) is 4.68 Å². The summed E-state index contributed by atoms with van der Waals surface area (Å²) in [5.41, 5.74) is 0.140. The predicted octanol–water partition coefficient (Wildman–Crippen LogP) is 2.77. The molecule has 6 heteroatoms. The normalized spacial score (nSPS) is 14.1. The van der Waals surface area contributed by atoms with E-state index >= 15 is 0 Å². The molecule has 0 amide bonds. The van der Waals surface area contributed by atoms with Crippen LogP contribution in [0, 0.1) is 5.82 Å². The Labute approximate surface area is 128 Å². The lowest BCUT2D eigenvalue weighted by Gasteiger charge is -2.25. The van der Waals surface area contributed by atoms with Crippen molar-refractivity contribution in [2.75, 3.05) is 13.7 Å². The molecule has 0 spiro atoms. The van der Waals surface area contributed by atoms with E-state index in [2.05, 4.69) is 5.10 Å².